The molecule has 0 spiro atoms. The molecule has 208 valence electrons. The predicted octanol–water partition coefficient (Wildman–Crippen LogP) is 4.63. The molecule has 5 heterocycles. The smallest absolute Gasteiger partial charge is 0.209 e. The molecule has 0 fully saturated rings. The lowest BCUT2D eigenvalue weighted by molar-refractivity contribution is 0.586. The van der Waals surface area contributed by atoms with E-state index in [2.05, 4.69) is 49.0 Å². The Hall–Kier alpha value is -4.75. The van der Waals surface area contributed by atoms with E-state index in [0.29, 0.717) is 44.8 Å². The number of halogens is 1. The van der Waals surface area contributed by atoms with Gasteiger partial charge in [0.15, 0.2) is 11.5 Å². The van der Waals surface area contributed by atoms with Gasteiger partial charge in [0.1, 0.15) is 11.3 Å². The number of fused-ring (bicyclic) bond motifs is 2. The molecule has 41 heavy (non-hydrogen) atoms. The normalized spacial score (nSPS) is 12.0. The summed E-state index contributed by atoms with van der Waals surface area (Å²) in [7, 11) is -3.44. The molecule has 0 aliphatic rings. The number of benzene rings is 1. The van der Waals surface area contributed by atoms with Crippen LogP contribution in [0.25, 0.3) is 56.0 Å². The van der Waals surface area contributed by atoms with Gasteiger partial charge in [-0.1, -0.05) is 0 Å². The van der Waals surface area contributed by atoms with Crippen LogP contribution >= 0.6 is 0 Å². The number of hydrogen-bond acceptors (Lipinski definition) is 8. The van der Waals surface area contributed by atoms with Crippen molar-refractivity contribution in [1.29, 1.82) is 0 Å². The van der Waals surface area contributed by atoms with Crippen molar-refractivity contribution in [2.45, 2.75) is 26.4 Å². The second kappa shape index (κ2) is 10.3. The Bertz CT molecular complexity index is 2020. The fourth-order valence-corrected chi connectivity index (χ4v) is 5.02. The number of sulfonamides is 1. The summed E-state index contributed by atoms with van der Waals surface area (Å²) in [4.78, 5) is 21.6. The molecule has 0 saturated carbocycles. The summed E-state index contributed by atoms with van der Waals surface area (Å²) >= 11 is 0. The van der Waals surface area contributed by atoms with Gasteiger partial charge in [-0.15, -0.1) is 0 Å². The van der Waals surface area contributed by atoms with Crippen LogP contribution in [0.5, 0.6) is 0 Å². The topological polar surface area (TPSA) is 154 Å². The van der Waals surface area contributed by atoms with Crippen molar-refractivity contribution in [2.24, 2.45) is 0 Å². The summed E-state index contributed by atoms with van der Waals surface area (Å²) in [6.45, 7) is 4.08. The third-order valence-electron chi connectivity index (χ3n) is 6.32. The molecule has 4 N–H and O–H groups in total. The molecule has 0 unspecified atom stereocenters. The zero-order valence-electron chi connectivity index (χ0n) is 22.4. The van der Waals surface area contributed by atoms with Crippen molar-refractivity contribution >= 4 is 37.8 Å². The monoisotopic (exact) mass is 571 g/mol. The molecule has 5 aromatic heterocycles. The predicted molar refractivity (Wildman–Crippen MR) is 156 cm³/mol. The van der Waals surface area contributed by atoms with E-state index < -0.39 is 15.8 Å². The van der Waals surface area contributed by atoms with Gasteiger partial charge < -0.3 is 10.3 Å². The maximum absolute atomic E-state index is 14.5. The van der Waals surface area contributed by atoms with E-state index in [4.69, 9.17) is 9.97 Å². The van der Waals surface area contributed by atoms with E-state index in [9.17, 15) is 12.8 Å². The van der Waals surface area contributed by atoms with Gasteiger partial charge in [0, 0.05) is 42.3 Å². The molecule has 11 nitrogen and oxygen atoms in total. The summed E-state index contributed by atoms with van der Waals surface area (Å²) in [6, 6.07) is 10.4. The number of rotatable bonds is 8. The Balaban J connectivity index is 1.40. The van der Waals surface area contributed by atoms with Crippen molar-refractivity contribution in [3.05, 3.63) is 72.6 Å². The number of nitrogens with one attached hydrogen (secondary N) is 4. The Kier molecular flexibility index (Phi) is 6.67. The highest BCUT2D eigenvalue weighted by Crippen LogP contribution is 2.32. The van der Waals surface area contributed by atoms with Gasteiger partial charge in [-0.05, 0) is 61.4 Å². The standard InChI is InChI=1S/C28H26FN9O2S/c1-15(2)33-20-9-18(11-30-12-20)22-4-5-23-26(34-22)27(38-37-23)28-35-24-14-31-13-21(25(24)36-28)17-6-16(7-19(29)8-17)10-32-41(3,39)40/h4-9,11-15,32-33H,10H2,1-3H3,(H,35,36)(H,37,38). The van der Waals surface area contributed by atoms with Crippen LogP contribution in [0.2, 0.25) is 0 Å². The van der Waals surface area contributed by atoms with Gasteiger partial charge in [-0.25, -0.2) is 27.5 Å². The fraction of sp³-hybridized carbons (Fsp3) is 0.179. The van der Waals surface area contributed by atoms with E-state index in [-0.39, 0.29) is 12.6 Å². The molecule has 0 bridgehead atoms. The first-order chi connectivity index (χ1) is 19.6. The molecule has 13 heteroatoms. The number of H-pyrrole nitrogens is 2. The first-order valence-electron chi connectivity index (χ1n) is 12.8. The van der Waals surface area contributed by atoms with Crippen LogP contribution in [0.1, 0.15) is 19.4 Å². The van der Waals surface area contributed by atoms with Gasteiger partial charge in [-0.2, -0.15) is 5.10 Å². The van der Waals surface area contributed by atoms with Crippen LogP contribution < -0.4 is 10.0 Å². The summed E-state index contributed by atoms with van der Waals surface area (Å²) in [5.41, 5.74) is 7.12. The van der Waals surface area contributed by atoms with Crippen LogP contribution in [0, 0.1) is 5.82 Å². The number of nitrogens with zero attached hydrogens (tertiary/aromatic N) is 5. The van der Waals surface area contributed by atoms with Crippen LogP contribution in [-0.2, 0) is 16.6 Å². The average molecular weight is 572 g/mol. The number of aromatic nitrogens is 7. The van der Waals surface area contributed by atoms with Crippen molar-refractivity contribution in [1.82, 2.24) is 39.8 Å². The van der Waals surface area contributed by atoms with Crippen molar-refractivity contribution in [3.63, 3.8) is 0 Å². The largest absolute Gasteiger partial charge is 0.382 e. The maximum Gasteiger partial charge on any atom is 0.209 e. The minimum atomic E-state index is -3.44. The SMILES string of the molecule is CC(C)Nc1cncc(-c2ccc3[nH]nc(-c4nc5c(-c6cc(F)cc(CNS(C)(=O)=O)c6)cncc5[nH]4)c3n2)c1. The van der Waals surface area contributed by atoms with Gasteiger partial charge in [-0.3, -0.25) is 15.1 Å². The first kappa shape index (κ1) is 26.5. The number of anilines is 1. The molecule has 0 amide bonds. The highest BCUT2D eigenvalue weighted by atomic mass is 32.2. The second-order valence-corrected chi connectivity index (χ2v) is 11.9. The molecular weight excluding hydrogens is 545 g/mol. The van der Waals surface area contributed by atoms with Crippen LogP contribution in [0.3, 0.4) is 0 Å². The van der Waals surface area contributed by atoms with Gasteiger partial charge in [0.25, 0.3) is 0 Å². The number of imidazole rings is 1. The summed E-state index contributed by atoms with van der Waals surface area (Å²) in [6.07, 6.45) is 7.82. The summed E-state index contributed by atoms with van der Waals surface area (Å²) in [5, 5.41) is 10.8. The zero-order chi connectivity index (χ0) is 28.7. The highest BCUT2D eigenvalue weighted by Gasteiger charge is 2.18. The Morgan fingerprint density at radius 3 is 2.56 bits per heavy atom. The number of hydrogen-bond donors (Lipinski definition) is 4. The van der Waals surface area contributed by atoms with Gasteiger partial charge >= 0.3 is 0 Å². The van der Waals surface area contributed by atoms with Crippen molar-refractivity contribution < 1.29 is 12.8 Å². The van der Waals surface area contributed by atoms with E-state index in [1.54, 1.807) is 30.9 Å². The molecule has 0 saturated heterocycles. The highest BCUT2D eigenvalue weighted by molar-refractivity contribution is 7.88. The molecule has 0 atom stereocenters. The Labute approximate surface area is 234 Å². The molecular formula is C28H26FN9O2S. The van der Waals surface area contributed by atoms with Crippen LogP contribution in [0.15, 0.2) is 61.2 Å². The van der Waals surface area contributed by atoms with E-state index in [1.165, 1.54) is 12.1 Å². The molecule has 1 aromatic carbocycles. The van der Waals surface area contributed by atoms with E-state index >= 15 is 0 Å². The molecule has 6 aromatic rings. The molecule has 0 radical (unpaired) electrons. The second-order valence-electron chi connectivity index (χ2n) is 10.0. The van der Waals surface area contributed by atoms with Gasteiger partial charge in [0.05, 0.1) is 40.4 Å². The number of pyridine rings is 3. The quantitative estimate of drug-likeness (QED) is 0.206. The zero-order valence-corrected chi connectivity index (χ0v) is 23.2. The van der Waals surface area contributed by atoms with Crippen molar-refractivity contribution in [2.75, 3.05) is 11.6 Å². The maximum atomic E-state index is 14.5. The lowest BCUT2D eigenvalue weighted by atomic mass is 10.0. The Morgan fingerprint density at radius 1 is 0.927 bits per heavy atom. The first-order valence-corrected chi connectivity index (χ1v) is 14.7. The third kappa shape index (κ3) is 5.62. The average Bonchev–Trinajstić information content (AvgIpc) is 3.54. The number of aromatic amines is 2. The fourth-order valence-electron chi connectivity index (χ4n) is 4.60. The molecule has 0 aliphatic heterocycles. The van der Waals surface area contributed by atoms with E-state index in [1.807, 2.05) is 18.2 Å². The summed E-state index contributed by atoms with van der Waals surface area (Å²) in [5.74, 6) is -0.0355. The van der Waals surface area contributed by atoms with Crippen LogP contribution in [-0.4, -0.2) is 55.8 Å². The van der Waals surface area contributed by atoms with Gasteiger partial charge in [0.2, 0.25) is 10.0 Å². The lowest BCUT2D eigenvalue weighted by Gasteiger charge is -2.10. The van der Waals surface area contributed by atoms with E-state index in [0.717, 1.165) is 28.7 Å². The molecule has 0 aliphatic carbocycles. The Morgan fingerprint density at radius 2 is 1.76 bits per heavy atom. The lowest BCUT2D eigenvalue weighted by Crippen LogP contribution is -2.21. The third-order valence-corrected chi connectivity index (χ3v) is 6.99. The minimum Gasteiger partial charge on any atom is -0.382 e. The van der Waals surface area contributed by atoms with Crippen molar-refractivity contribution in [3.8, 4) is 33.9 Å². The molecule has 6 rings (SSSR count). The van der Waals surface area contributed by atoms with Crippen LogP contribution in [0.4, 0.5) is 10.1 Å². The summed E-state index contributed by atoms with van der Waals surface area (Å²) < 4.78 is 40.0. The minimum absolute atomic E-state index is 0.0436.